The van der Waals surface area contributed by atoms with E-state index < -0.39 is 11.6 Å². The third-order valence-electron chi connectivity index (χ3n) is 3.92. The van der Waals surface area contributed by atoms with Crippen molar-refractivity contribution in [2.24, 2.45) is 0 Å². The Morgan fingerprint density at radius 1 is 1.19 bits per heavy atom. The molecule has 2 aromatic carbocycles. The first kappa shape index (κ1) is 19.2. The van der Waals surface area contributed by atoms with E-state index in [4.69, 9.17) is 4.74 Å². The van der Waals surface area contributed by atoms with E-state index in [1.807, 2.05) is 0 Å². The van der Waals surface area contributed by atoms with Gasteiger partial charge in [-0.2, -0.15) is 0 Å². The zero-order valence-corrected chi connectivity index (χ0v) is 15.3. The Labute approximate surface area is 158 Å². The van der Waals surface area contributed by atoms with E-state index in [0.29, 0.717) is 22.7 Å². The number of hydrogen-bond donors (Lipinski definition) is 0. The van der Waals surface area contributed by atoms with Crippen LogP contribution in [-0.4, -0.2) is 34.8 Å². The first-order valence-corrected chi connectivity index (χ1v) is 9.09. The van der Waals surface area contributed by atoms with Gasteiger partial charge in [-0.15, -0.1) is 0 Å². The van der Waals surface area contributed by atoms with Gasteiger partial charge in [-0.1, -0.05) is 23.9 Å². The summed E-state index contributed by atoms with van der Waals surface area (Å²) in [4.78, 5) is 29.5. The lowest BCUT2D eigenvalue weighted by atomic mass is 10.1. The zero-order chi connectivity index (χ0) is 19.4. The lowest BCUT2D eigenvalue weighted by molar-refractivity contribution is 0.102. The summed E-state index contributed by atoms with van der Waals surface area (Å²) in [6.45, 7) is 0.597. The van der Waals surface area contributed by atoms with Gasteiger partial charge in [-0.25, -0.2) is 13.8 Å². The average molecular weight is 390 g/mol. The van der Waals surface area contributed by atoms with Crippen LogP contribution in [0.4, 0.5) is 8.78 Å². The number of para-hydroxylation sites is 1. The molecular formula is C19H16F2N2O3S. The Balaban J connectivity index is 1.89. The number of fused-ring (bicyclic) bond motifs is 1. The van der Waals surface area contributed by atoms with Crippen LogP contribution in [0.1, 0.15) is 10.4 Å². The van der Waals surface area contributed by atoms with Gasteiger partial charge in [0.1, 0.15) is 0 Å². The lowest BCUT2D eigenvalue weighted by Gasteiger charge is -2.12. The molecular weight excluding hydrogens is 374 g/mol. The molecule has 0 bridgehead atoms. The molecule has 1 aromatic heterocycles. The number of hydrogen-bond acceptors (Lipinski definition) is 5. The van der Waals surface area contributed by atoms with Crippen LogP contribution in [0.5, 0.6) is 0 Å². The monoisotopic (exact) mass is 390 g/mol. The summed E-state index contributed by atoms with van der Waals surface area (Å²) in [5, 5.41) is 0.844. The van der Waals surface area contributed by atoms with E-state index >= 15 is 0 Å². The summed E-state index contributed by atoms with van der Waals surface area (Å²) in [6, 6.07) is 9.95. The van der Waals surface area contributed by atoms with Crippen molar-refractivity contribution in [1.82, 2.24) is 9.55 Å². The molecule has 0 spiro atoms. The second kappa shape index (κ2) is 8.41. The van der Waals surface area contributed by atoms with Crippen molar-refractivity contribution in [1.29, 1.82) is 0 Å². The highest BCUT2D eigenvalue weighted by atomic mass is 32.2. The van der Waals surface area contributed by atoms with Crippen LogP contribution in [0.2, 0.25) is 0 Å². The van der Waals surface area contributed by atoms with E-state index in [2.05, 4.69) is 4.98 Å². The van der Waals surface area contributed by atoms with Crippen molar-refractivity contribution in [3.63, 3.8) is 0 Å². The van der Waals surface area contributed by atoms with Crippen molar-refractivity contribution in [2.75, 3.05) is 19.5 Å². The fourth-order valence-electron chi connectivity index (χ4n) is 2.52. The van der Waals surface area contributed by atoms with Gasteiger partial charge in [0.05, 0.1) is 29.8 Å². The standard InChI is InChI=1S/C19H16F2N2O3S/c1-26-9-8-23-18(25)13-4-2-3-5-16(13)22-19(23)27-11-17(24)12-6-7-14(20)15(21)10-12/h2-7,10H,8-9,11H2,1H3. The van der Waals surface area contributed by atoms with Crippen LogP contribution < -0.4 is 5.56 Å². The summed E-state index contributed by atoms with van der Waals surface area (Å²) in [6.07, 6.45) is 0. The Kier molecular flexibility index (Phi) is 5.98. The molecule has 0 aliphatic heterocycles. The van der Waals surface area contributed by atoms with E-state index in [1.165, 1.54) is 17.7 Å². The molecule has 0 aliphatic rings. The summed E-state index contributed by atoms with van der Waals surface area (Å²) < 4.78 is 32.9. The van der Waals surface area contributed by atoms with Gasteiger partial charge >= 0.3 is 0 Å². The molecule has 8 heteroatoms. The molecule has 0 saturated carbocycles. The maximum Gasteiger partial charge on any atom is 0.262 e. The predicted octanol–water partition coefficient (Wildman–Crippen LogP) is 3.30. The summed E-state index contributed by atoms with van der Waals surface area (Å²) in [5.41, 5.74) is 0.368. The second-order valence-electron chi connectivity index (χ2n) is 5.70. The van der Waals surface area contributed by atoms with Gasteiger partial charge < -0.3 is 4.74 Å². The molecule has 27 heavy (non-hydrogen) atoms. The van der Waals surface area contributed by atoms with Crippen LogP contribution >= 0.6 is 11.8 Å². The molecule has 0 fully saturated rings. The number of halogens is 2. The molecule has 0 aliphatic carbocycles. The van der Waals surface area contributed by atoms with Gasteiger partial charge in [-0.3, -0.25) is 14.2 Å². The van der Waals surface area contributed by atoms with Crippen LogP contribution in [-0.2, 0) is 11.3 Å². The first-order chi connectivity index (χ1) is 13.0. The number of ketones is 1. The minimum Gasteiger partial charge on any atom is -0.383 e. The van der Waals surface area contributed by atoms with Crippen LogP contribution in [0, 0.1) is 11.6 Å². The summed E-state index contributed by atoms with van der Waals surface area (Å²) in [7, 11) is 1.53. The highest BCUT2D eigenvalue weighted by Crippen LogP contribution is 2.20. The molecule has 0 radical (unpaired) electrons. The molecule has 0 N–H and O–H groups in total. The van der Waals surface area contributed by atoms with Crippen molar-refractivity contribution in [3.05, 3.63) is 70.0 Å². The fourth-order valence-corrected chi connectivity index (χ4v) is 3.44. The number of Topliss-reactive ketones (excluding diaryl/α,β-unsaturated/α-hetero) is 1. The van der Waals surface area contributed by atoms with Gasteiger partial charge in [0, 0.05) is 12.7 Å². The van der Waals surface area contributed by atoms with E-state index in [0.717, 1.165) is 23.9 Å². The average Bonchev–Trinajstić information content (AvgIpc) is 2.67. The van der Waals surface area contributed by atoms with Gasteiger partial charge in [0.25, 0.3) is 5.56 Å². The van der Waals surface area contributed by atoms with E-state index in [-0.39, 0.29) is 29.2 Å². The van der Waals surface area contributed by atoms with Crippen LogP contribution in [0.25, 0.3) is 10.9 Å². The molecule has 3 aromatic rings. The maximum absolute atomic E-state index is 13.3. The highest BCUT2D eigenvalue weighted by molar-refractivity contribution is 7.99. The molecule has 3 rings (SSSR count). The third-order valence-corrected chi connectivity index (χ3v) is 4.90. The van der Waals surface area contributed by atoms with Gasteiger partial charge in [0.2, 0.25) is 0 Å². The number of ether oxygens (including phenoxy) is 1. The maximum atomic E-state index is 13.3. The van der Waals surface area contributed by atoms with Crippen molar-refractivity contribution in [2.45, 2.75) is 11.7 Å². The molecule has 1 heterocycles. The minimum atomic E-state index is -1.08. The van der Waals surface area contributed by atoms with Gasteiger partial charge in [-0.05, 0) is 30.3 Å². The molecule has 0 saturated heterocycles. The fraction of sp³-hybridized carbons (Fsp3) is 0.211. The number of carbonyl (C=O) groups is 1. The predicted molar refractivity (Wildman–Crippen MR) is 99.3 cm³/mol. The van der Waals surface area contributed by atoms with Crippen LogP contribution in [0.3, 0.4) is 0 Å². The topological polar surface area (TPSA) is 61.2 Å². The van der Waals surface area contributed by atoms with Gasteiger partial charge in [0.15, 0.2) is 22.6 Å². The Morgan fingerprint density at radius 2 is 1.96 bits per heavy atom. The smallest absolute Gasteiger partial charge is 0.262 e. The number of rotatable bonds is 7. The Morgan fingerprint density at radius 3 is 2.70 bits per heavy atom. The summed E-state index contributed by atoms with van der Waals surface area (Å²) in [5.74, 6) is -2.54. The normalized spacial score (nSPS) is 11.1. The Hall–Kier alpha value is -2.58. The minimum absolute atomic E-state index is 0.0629. The number of benzene rings is 2. The number of thioether (sulfide) groups is 1. The second-order valence-corrected chi connectivity index (χ2v) is 6.64. The van der Waals surface area contributed by atoms with E-state index in [9.17, 15) is 18.4 Å². The summed E-state index contributed by atoms with van der Waals surface area (Å²) >= 11 is 1.07. The third kappa shape index (κ3) is 4.23. The molecule has 0 amide bonds. The quantitative estimate of drug-likeness (QED) is 0.352. The molecule has 0 unspecified atom stereocenters. The number of methoxy groups -OCH3 is 1. The molecule has 0 atom stereocenters. The van der Waals surface area contributed by atoms with E-state index in [1.54, 1.807) is 24.3 Å². The largest absolute Gasteiger partial charge is 0.383 e. The molecule has 140 valence electrons. The van der Waals surface area contributed by atoms with Crippen molar-refractivity contribution >= 4 is 28.4 Å². The van der Waals surface area contributed by atoms with Crippen LogP contribution in [0.15, 0.2) is 52.4 Å². The first-order valence-electron chi connectivity index (χ1n) is 8.11. The van der Waals surface area contributed by atoms with Crippen molar-refractivity contribution in [3.8, 4) is 0 Å². The SMILES string of the molecule is COCCn1c(SCC(=O)c2ccc(F)c(F)c2)nc2ccccc2c1=O. The molecule has 5 nitrogen and oxygen atoms in total. The Bertz CT molecular complexity index is 1050. The lowest BCUT2D eigenvalue weighted by Crippen LogP contribution is -2.25. The number of carbonyl (C=O) groups excluding carboxylic acids is 1. The number of aromatic nitrogens is 2. The highest BCUT2D eigenvalue weighted by Gasteiger charge is 2.15. The van der Waals surface area contributed by atoms with Crippen molar-refractivity contribution < 1.29 is 18.3 Å². The number of nitrogens with zero attached hydrogens (tertiary/aromatic N) is 2. The zero-order valence-electron chi connectivity index (χ0n) is 14.4.